The maximum atomic E-state index is 5.55. The van der Waals surface area contributed by atoms with E-state index in [4.69, 9.17) is 9.72 Å². The Morgan fingerprint density at radius 1 is 1.25 bits per heavy atom. The molecule has 108 valence electrons. The standard InChI is InChI=1S/C15H18Br2N2O/c1-5-18-12-7-11(8(2)3)19-14-9(16)6-10(17)15(20-4)13(12)14/h6-8H,5H2,1-4H3,(H,18,19). The van der Waals surface area contributed by atoms with Crippen LogP contribution in [-0.2, 0) is 0 Å². The van der Waals surface area contributed by atoms with Gasteiger partial charge in [-0.1, -0.05) is 13.8 Å². The lowest BCUT2D eigenvalue weighted by molar-refractivity contribution is 0.417. The molecular formula is C15H18Br2N2O. The quantitative estimate of drug-likeness (QED) is 0.752. The third kappa shape index (κ3) is 2.79. The Balaban J connectivity index is 2.88. The van der Waals surface area contributed by atoms with Crippen LogP contribution in [0.2, 0.25) is 0 Å². The predicted molar refractivity (Wildman–Crippen MR) is 91.9 cm³/mol. The van der Waals surface area contributed by atoms with Gasteiger partial charge in [-0.2, -0.15) is 0 Å². The molecule has 1 N–H and O–H groups in total. The molecule has 1 heterocycles. The van der Waals surface area contributed by atoms with Crippen LogP contribution in [0.3, 0.4) is 0 Å². The summed E-state index contributed by atoms with van der Waals surface area (Å²) >= 11 is 7.15. The fourth-order valence-corrected chi connectivity index (χ4v) is 3.57. The number of fused-ring (bicyclic) bond motifs is 1. The van der Waals surface area contributed by atoms with E-state index in [-0.39, 0.29) is 0 Å². The molecule has 0 saturated carbocycles. The topological polar surface area (TPSA) is 34.2 Å². The van der Waals surface area contributed by atoms with Crippen LogP contribution in [0.5, 0.6) is 5.75 Å². The first-order chi connectivity index (χ1) is 9.49. The first-order valence-corrected chi connectivity index (χ1v) is 8.18. The van der Waals surface area contributed by atoms with Crippen molar-refractivity contribution in [3.05, 3.63) is 26.8 Å². The minimum Gasteiger partial charge on any atom is -0.495 e. The van der Waals surface area contributed by atoms with Crippen molar-refractivity contribution in [2.45, 2.75) is 26.7 Å². The third-order valence-corrected chi connectivity index (χ3v) is 4.32. The molecule has 0 aliphatic carbocycles. The Bertz CT molecular complexity index is 642. The lowest BCUT2D eigenvalue weighted by Crippen LogP contribution is -2.03. The van der Waals surface area contributed by atoms with Gasteiger partial charge in [0.15, 0.2) is 0 Å². The third-order valence-electron chi connectivity index (χ3n) is 3.13. The minimum atomic E-state index is 0.373. The average molecular weight is 402 g/mol. The summed E-state index contributed by atoms with van der Waals surface area (Å²) in [5, 5.41) is 4.41. The molecule has 1 aromatic carbocycles. The molecule has 0 spiro atoms. The van der Waals surface area contributed by atoms with Crippen LogP contribution in [-0.4, -0.2) is 18.6 Å². The first-order valence-electron chi connectivity index (χ1n) is 6.60. The van der Waals surface area contributed by atoms with Crippen LogP contribution >= 0.6 is 31.9 Å². The predicted octanol–water partition coefficient (Wildman–Crippen LogP) is 5.32. The Kier molecular flexibility index (Phi) is 4.91. The minimum absolute atomic E-state index is 0.373. The number of nitrogens with zero attached hydrogens (tertiary/aromatic N) is 1. The van der Waals surface area contributed by atoms with Crippen molar-refractivity contribution >= 4 is 48.5 Å². The van der Waals surface area contributed by atoms with Gasteiger partial charge in [-0.05, 0) is 56.8 Å². The maximum Gasteiger partial charge on any atom is 0.144 e. The van der Waals surface area contributed by atoms with Gasteiger partial charge in [-0.15, -0.1) is 0 Å². The van der Waals surface area contributed by atoms with Gasteiger partial charge >= 0.3 is 0 Å². The van der Waals surface area contributed by atoms with Crippen LogP contribution in [0.25, 0.3) is 10.9 Å². The number of hydrogen-bond donors (Lipinski definition) is 1. The summed E-state index contributed by atoms with van der Waals surface area (Å²) in [7, 11) is 1.68. The lowest BCUT2D eigenvalue weighted by atomic mass is 10.1. The number of ether oxygens (including phenoxy) is 1. The number of rotatable bonds is 4. The van der Waals surface area contributed by atoms with Gasteiger partial charge in [0.1, 0.15) is 5.75 Å². The Labute approximate surface area is 136 Å². The van der Waals surface area contributed by atoms with E-state index in [1.807, 2.05) is 6.07 Å². The molecule has 0 aliphatic heterocycles. The number of halogens is 2. The smallest absolute Gasteiger partial charge is 0.144 e. The summed E-state index contributed by atoms with van der Waals surface area (Å²) in [4.78, 5) is 4.78. The Hall–Kier alpha value is -0.810. The number of aromatic nitrogens is 1. The van der Waals surface area contributed by atoms with Crippen molar-refractivity contribution in [3.63, 3.8) is 0 Å². The molecule has 0 atom stereocenters. The van der Waals surface area contributed by atoms with E-state index in [1.165, 1.54) is 0 Å². The van der Waals surface area contributed by atoms with Crippen LogP contribution in [0.1, 0.15) is 32.4 Å². The lowest BCUT2D eigenvalue weighted by Gasteiger charge is -2.17. The number of pyridine rings is 1. The van der Waals surface area contributed by atoms with Crippen molar-refractivity contribution in [1.82, 2.24) is 4.98 Å². The Morgan fingerprint density at radius 3 is 2.50 bits per heavy atom. The number of anilines is 1. The van der Waals surface area contributed by atoms with Gasteiger partial charge in [0.25, 0.3) is 0 Å². The number of hydrogen-bond acceptors (Lipinski definition) is 3. The van der Waals surface area contributed by atoms with Crippen molar-refractivity contribution in [3.8, 4) is 5.75 Å². The molecular weight excluding hydrogens is 384 g/mol. The number of methoxy groups -OCH3 is 1. The highest BCUT2D eigenvalue weighted by Gasteiger charge is 2.17. The summed E-state index contributed by atoms with van der Waals surface area (Å²) in [6.45, 7) is 7.23. The second kappa shape index (κ2) is 6.31. The molecule has 0 fully saturated rings. The zero-order valence-electron chi connectivity index (χ0n) is 12.1. The largest absolute Gasteiger partial charge is 0.495 e. The average Bonchev–Trinajstić information content (AvgIpc) is 2.39. The number of nitrogens with one attached hydrogen (secondary N) is 1. The summed E-state index contributed by atoms with van der Waals surface area (Å²) in [5.74, 6) is 1.18. The highest BCUT2D eigenvalue weighted by molar-refractivity contribution is 9.11. The monoisotopic (exact) mass is 400 g/mol. The van der Waals surface area contributed by atoms with Gasteiger partial charge < -0.3 is 10.1 Å². The zero-order valence-corrected chi connectivity index (χ0v) is 15.2. The molecule has 0 bridgehead atoms. The highest BCUT2D eigenvalue weighted by Crippen LogP contribution is 2.42. The number of benzene rings is 1. The van der Waals surface area contributed by atoms with E-state index in [2.05, 4.69) is 64.0 Å². The van der Waals surface area contributed by atoms with Crippen molar-refractivity contribution in [2.75, 3.05) is 19.0 Å². The zero-order chi connectivity index (χ0) is 14.9. The fraction of sp³-hybridized carbons (Fsp3) is 0.400. The van der Waals surface area contributed by atoms with Gasteiger partial charge in [0, 0.05) is 22.4 Å². The Morgan fingerprint density at radius 2 is 1.95 bits per heavy atom. The van der Waals surface area contributed by atoms with E-state index in [1.54, 1.807) is 7.11 Å². The summed E-state index contributed by atoms with van der Waals surface area (Å²) < 4.78 is 7.43. The molecule has 5 heteroatoms. The normalized spacial score (nSPS) is 11.2. The van der Waals surface area contributed by atoms with E-state index in [0.717, 1.165) is 43.5 Å². The highest BCUT2D eigenvalue weighted by atomic mass is 79.9. The SMILES string of the molecule is CCNc1cc(C(C)C)nc2c(Br)cc(Br)c(OC)c12. The molecule has 2 aromatic rings. The first kappa shape index (κ1) is 15.6. The van der Waals surface area contributed by atoms with E-state index >= 15 is 0 Å². The van der Waals surface area contributed by atoms with Gasteiger partial charge in [-0.3, -0.25) is 4.98 Å². The summed E-state index contributed by atoms with van der Waals surface area (Å²) in [6.07, 6.45) is 0. The van der Waals surface area contributed by atoms with Crippen LogP contribution in [0.15, 0.2) is 21.1 Å². The summed E-state index contributed by atoms with van der Waals surface area (Å²) in [5.41, 5.74) is 3.05. The second-order valence-corrected chi connectivity index (χ2v) is 6.59. The van der Waals surface area contributed by atoms with E-state index in [9.17, 15) is 0 Å². The fourth-order valence-electron chi connectivity index (χ4n) is 2.16. The molecule has 1 aromatic heterocycles. The van der Waals surface area contributed by atoms with Gasteiger partial charge in [0.2, 0.25) is 0 Å². The van der Waals surface area contributed by atoms with E-state index in [0.29, 0.717) is 5.92 Å². The van der Waals surface area contributed by atoms with Gasteiger partial charge in [-0.25, -0.2) is 0 Å². The van der Waals surface area contributed by atoms with Crippen LogP contribution in [0, 0.1) is 0 Å². The van der Waals surface area contributed by atoms with Crippen LogP contribution < -0.4 is 10.1 Å². The molecule has 0 saturated heterocycles. The van der Waals surface area contributed by atoms with Gasteiger partial charge in [0.05, 0.1) is 22.5 Å². The molecule has 20 heavy (non-hydrogen) atoms. The second-order valence-electron chi connectivity index (χ2n) is 4.88. The van der Waals surface area contributed by atoms with Crippen molar-refractivity contribution < 1.29 is 4.74 Å². The molecule has 0 aliphatic rings. The van der Waals surface area contributed by atoms with Crippen molar-refractivity contribution in [1.29, 1.82) is 0 Å². The molecule has 0 unspecified atom stereocenters. The van der Waals surface area contributed by atoms with E-state index < -0.39 is 0 Å². The molecule has 3 nitrogen and oxygen atoms in total. The molecule has 2 rings (SSSR count). The van der Waals surface area contributed by atoms with Crippen molar-refractivity contribution in [2.24, 2.45) is 0 Å². The molecule has 0 radical (unpaired) electrons. The molecule has 0 amide bonds. The summed E-state index contributed by atoms with van der Waals surface area (Å²) in [6, 6.07) is 4.09. The maximum absolute atomic E-state index is 5.55. The van der Waals surface area contributed by atoms with Crippen LogP contribution in [0.4, 0.5) is 5.69 Å².